The number of nitrogens with one attached hydrogen (secondary N) is 1. The third-order valence-corrected chi connectivity index (χ3v) is 8.02. The number of aromatic nitrogens is 1. The Hall–Kier alpha value is -2.34. The van der Waals surface area contributed by atoms with Gasteiger partial charge in [0.15, 0.2) is 20.8 Å². The first-order valence-corrected chi connectivity index (χ1v) is 12.5. The van der Waals surface area contributed by atoms with Gasteiger partial charge >= 0.3 is 0 Å². The standard InChI is InChI=1S/C18H19N3O5S3/c1-21(2)29(25,26)14-6-4-5-12(9-14)16(22)11-19-18-20-15-8-7-13(28(3,23)24)10-17(15)27-18/h4-10H,11H2,1-3H3,(H,19,20). The van der Waals surface area contributed by atoms with Gasteiger partial charge < -0.3 is 5.32 Å². The summed E-state index contributed by atoms with van der Waals surface area (Å²) < 4.78 is 49.6. The van der Waals surface area contributed by atoms with Crippen molar-refractivity contribution in [3.05, 3.63) is 48.0 Å². The van der Waals surface area contributed by atoms with Crippen molar-refractivity contribution in [3.63, 3.8) is 0 Å². The molecule has 0 aliphatic carbocycles. The Balaban J connectivity index is 1.77. The zero-order chi connectivity index (χ0) is 21.4. The number of carbonyl (C=O) groups excluding carboxylic acids is 1. The quantitative estimate of drug-likeness (QED) is 0.546. The second-order valence-electron chi connectivity index (χ2n) is 6.51. The van der Waals surface area contributed by atoms with Crippen LogP contribution in [0.25, 0.3) is 10.2 Å². The molecule has 0 atom stereocenters. The second-order valence-corrected chi connectivity index (χ2v) is 11.7. The summed E-state index contributed by atoms with van der Waals surface area (Å²) in [4.78, 5) is 17.1. The molecule has 0 fully saturated rings. The number of carbonyl (C=O) groups is 1. The van der Waals surface area contributed by atoms with Crippen molar-refractivity contribution in [2.45, 2.75) is 9.79 Å². The lowest BCUT2D eigenvalue weighted by atomic mass is 10.1. The number of hydrogen-bond acceptors (Lipinski definition) is 8. The lowest BCUT2D eigenvalue weighted by molar-refractivity contribution is 0.101. The average molecular weight is 454 g/mol. The first-order chi connectivity index (χ1) is 13.5. The van der Waals surface area contributed by atoms with E-state index < -0.39 is 19.9 Å². The van der Waals surface area contributed by atoms with Gasteiger partial charge in [0, 0.05) is 25.9 Å². The number of benzene rings is 2. The Kier molecular flexibility index (Phi) is 5.77. The number of nitrogens with zero attached hydrogens (tertiary/aromatic N) is 2. The maximum Gasteiger partial charge on any atom is 0.242 e. The van der Waals surface area contributed by atoms with Crippen LogP contribution in [0.5, 0.6) is 0 Å². The van der Waals surface area contributed by atoms with Crippen molar-refractivity contribution in [1.82, 2.24) is 9.29 Å². The Labute approximate surface area is 173 Å². The predicted molar refractivity (Wildman–Crippen MR) is 113 cm³/mol. The summed E-state index contributed by atoms with van der Waals surface area (Å²) in [5, 5.41) is 3.39. The minimum absolute atomic E-state index is 0.0432. The van der Waals surface area contributed by atoms with Crippen LogP contribution in [0.2, 0.25) is 0 Å². The van der Waals surface area contributed by atoms with Gasteiger partial charge in [0.2, 0.25) is 10.0 Å². The van der Waals surface area contributed by atoms with Crippen LogP contribution in [0.1, 0.15) is 10.4 Å². The van der Waals surface area contributed by atoms with Crippen LogP contribution < -0.4 is 5.32 Å². The first-order valence-electron chi connectivity index (χ1n) is 8.39. The summed E-state index contributed by atoms with van der Waals surface area (Å²) in [6.07, 6.45) is 1.14. The highest BCUT2D eigenvalue weighted by Crippen LogP contribution is 2.28. The van der Waals surface area contributed by atoms with Crippen LogP contribution in [-0.4, -0.2) is 58.8 Å². The Morgan fingerprint density at radius 2 is 1.79 bits per heavy atom. The minimum Gasteiger partial charge on any atom is -0.354 e. The molecule has 154 valence electrons. The van der Waals surface area contributed by atoms with Gasteiger partial charge in [0.05, 0.1) is 26.6 Å². The predicted octanol–water partition coefficient (Wildman–Crippen LogP) is 2.24. The Bertz CT molecular complexity index is 1300. The SMILES string of the molecule is CN(C)S(=O)(=O)c1cccc(C(=O)CNc2nc3ccc(S(C)(=O)=O)cc3s2)c1. The number of sulfonamides is 1. The molecule has 3 rings (SSSR count). The van der Waals surface area contributed by atoms with E-state index in [2.05, 4.69) is 10.3 Å². The van der Waals surface area contributed by atoms with Gasteiger partial charge in [-0.2, -0.15) is 0 Å². The molecule has 0 aliphatic rings. The lowest BCUT2D eigenvalue weighted by Gasteiger charge is -2.12. The molecule has 0 saturated carbocycles. The molecule has 0 amide bonds. The molecular weight excluding hydrogens is 434 g/mol. The molecule has 0 unspecified atom stereocenters. The summed E-state index contributed by atoms with van der Waals surface area (Å²) in [6.45, 7) is -0.0791. The van der Waals surface area contributed by atoms with E-state index in [9.17, 15) is 21.6 Å². The van der Waals surface area contributed by atoms with E-state index in [0.717, 1.165) is 10.6 Å². The van der Waals surface area contributed by atoms with Gasteiger partial charge in [-0.25, -0.2) is 26.1 Å². The molecule has 1 heterocycles. The van der Waals surface area contributed by atoms with Gasteiger partial charge in [0.25, 0.3) is 0 Å². The molecule has 0 saturated heterocycles. The summed E-state index contributed by atoms with van der Waals surface area (Å²) in [5.41, 5.74) is 0.886. The number of anilines is 1. The number of fused-ring (bicyclic) bond motifs is 1. The third kappa shape index (κ3) is 4.64. The van der Waals surface area contributed by atoms with Crippen molar-refractivity contribution < 1.29 is 21.6 Å². The van der Waals surface area contributed by atoms with Crippen molar-refractivity contribution in [1.29, 1.82) is 0 Å². The second kappa shape index (κ2) is 7.82. The third-order valence-electron chi connectivity index (χ3n) is 4.12. The molecule has 1 aromatic heterocycles. The molecule has 8 nitrogen and oxygen atoms in total. The van der Waals surface area contributed by atoms with Gasteiger partial charge in [-0.05, 0) is 30.3 Å². The molecule has 0 spiro atoms. The summed E-state index contributed by atoms with van der Waals surface area (Å²) in [5.74, 6) is -0.295. The number of rotatable bonds is 7. The van der Waals surface area contributed by atoms with E-state index >= 15 is 0 Å². The van der Waals surface area contributed by atoms with E-state index in [1.165, 1.54) is 49.7 Å². The average Bonchev–Trinajstić information content (AvgIpc) is 3.07. The zero-order valence-corrected chi connectivity index (χ0v) is 18.4. The van der Waals surface area contributed by atoms with Crippen molar-refractivity contribution in [3.8, 4) is 0 Å². The van der Waals surface area contributed by atoms with Crippen LogP contribution in [0, 0.1) is 0 Å². The summed E-state index contributed by atoms with van der Waals surface area (Å²) in [7, 11) is -4.10. The largest absolute Gasteiger partial charge is 0.354 e. The first kappa shape index (κ1) is 21.4. The molecule has 29 heavy (non-hydrogen) atoms. The smallest absolute Gasteiger partial charge is 0.242 e. The molecule has 0 radical (unpaired) electrons. The summed E-state index contributed by atoms with van der Waals surface area (Å²) in [6, 6.07) is 10.5. The van der Waals surface area contributed by atoms with E-state index in [-0.39, 0.29) is 27.7 Å². The number of thiazole rings is 1. The highest BCUT2D eigenvalue weighted by atomic mass is 32.2. The number of ketones is 1. The zero-order valence-electron chi connectivity index (χ0n) is 15.9. The molecule has 0 bridgehead atoms. The molecule has 3 aromatic rings. The van der Waals surface area contributed by atoms with Crippen molar-refractivity contribution in [2.75, 3.05) is 32.2 Å². The molecule has 2 aromatic carbocycles. The maximum absolute atomic E-state index is 12.5. The number of hydrogen-bond donors (Lipinski definition) is 1. The van der Waals surface area contributed by atoms with Gasteiger partial charge in [-0.1, -0.05) is 23.5 Å². The van der Waals surface area contributed by atoms with E-state index in [0.29, 0.717) is 15.3 Å². The van der Waals surface area contributed by atoms with Crippen molar-refractivity contribution >= 4 is 52.3 Å². The highest BCUT2D eigenvalue weighted by Gasteiger charge is 2.19. The minimum atomic E-state index is -3.63. The molecule has 11 heteroatoms. The van der Waals surface area contributed by atoms with E-state index in [4.69, 9.17) is 0 Å². The van der Waals surface area contributed by atoms with Crippen LogP contribution in [0.3, 0.4) is 0 Å². The fraction of sp³-hybridized carbons (Fsp3) is 0.222. The fourth-order valence-corrected chi connectivity index (χ4v) is 5.08. The Morgan fingerprint density at radius 1 is 1.07 bits per heavy atom. The molecule has 0 aliphatic heterocycles. The van der Waals surface area contributed by atoms with Crippen LogP contribution in [0.15, 0.2) is 52.3 Å². The number of sulfone groups is 1. The van der Waals surface area contributed by atoms with Gasteiger partial charge in [-0.15, -0.1) is 0 Å². The maximum atomic E-state index is 12.5. The van der Waals surface area contributed by atoms with E-state index in [1.807, 2.05) is 0 Å². The highest BCUT2D eigenvalue weighted by molar-refractivity contribution is 7.90. The Morgan fingerprint density at radius 3 is 2.45 bits per heavy atom. The topological polar surface area (TPSA) is 114 Å². The van der Waals surface area contributed by atoms with Crippen LogP contribution >= 0.6 is 11.3 Å². The van der Waals surface area contributed by atoms with Gasteiger partial charge in [0.1, 0.15) is 0 Å². The molecule has 1 N–H and O–H groups in total. The van der Waals surface area contributed by atoms with Gasteiger partial charge in [-0.3, -0.25) is 4.79 Å². The van der Waals surface area contributed by atoms with Crippen LogP contribution in [0.4, 0.5) is 5.13 Å². The van der Waals surface area contributed by atoms with Crippen LogP contribution in [-0.2, 0) is 19.9 Å². The summed E-state index contributed by atoms with van der Waals surface area (Å²) >= 11 is 1.23. The normalized spacial score (nSPS) is 12.4. The van der Waals surface area contributed by atoms with E-state index in [1.54, 1.807) is 18.2 Å². The monoisotopic (exact) mass is 453 g/mol. The molecular formula is C18H19N3O5S3. The van der Waals surface area contributed by atoms with Crippen molar-refractivity contribution in [2.24, 2.45) is 0 Å². The number of Topliss-reactive ketones (excluding diaryl/α,β-unsaturated/α-hetero) is 1. The lowest BCUT2D eigenvalue weighted by Crippen LogP contribution is -2.22. The fourth-order valence-electron chi connectivity index (χ4n) is 2.51.